The van der Waals surface area contributed by atoms with Gasteiger partial charge in [-0.2, -0.15) is 0 Å². The van der Waals surface area contributed by atoms with Crippen LogP contribution in [0.4, 0.5) is 0 Å². The molecule has 0 aromatic rings. The largest absolute Gasteiger partial charge is 0.328 e. The minimum absolute atomic E-state index is 0.405. The Hall–Kier alpha value is -0.0800. The summed E-state index contributed by atoms with van der Waals surface area (Å²) in [7, 11) is 0. The standard InChI is InChI=1S/C10H24N2/c1-3-9(11)7-5-6-8-10(12)4-2/h9-10H,3-8,11-12H2,1-2H3. The molecule has 0 fully saturated rings. The predicted octanol–water partition coefficient (Wildman–Crippen LogP) is 2.02. The fraction of sp³-hybridized carbons (Fsp3) is 1.00. The third-order valence-electron chi connectivity index (χ3n) is 2.45. The first-order valence-corrected chi connectivity index (χ1v) is 5.21. The van der Waals surface area contributed by atoms with Crippen LogP contribution in [0.5, 0.6) is 0 Å². The van der Waals surface area contributed by atoms with Crippen molar-refractivity contribution in [2.45, 2.75) is 64.5 Å². The van der Waals surface area contributed by atoms with Gasteiger partial charge in [0, 0.05) is 12.1 Å². The molecule has 0 saturated heterocycles. The van der Waals surface area contributed by atoms with Crippen molar-refractivity contribution in [3.05, 3.63) is 0 Å². The maximum Gasteiger partial charge on any atom is 0.00362 e. The molecule has 0 aliphatic carbocycles. The zero-order valence-corrected chi connectivity index (χ0v) is 8.55. The Morgan fingerprint density at radius 1 is 0.833 bits per heavy atom. The molecule has 0 spiro atoms. The summed E-state index contributed by atoms with van der Waals surface area (Å²) in [6, 6.07) is 0.811. The number of unbranched alkanes of at least 4 members (excludes halogenated alkanes) is 1. The van der Waals surface area contributed by atoms with E-state index in [2.05, 4.69) is 13.8 Å². The Bertz CT molecular complexity index is 81.8. The van der Waals surface area contributed by atoms with Crippen LogP contribution in [0.3, 0.4) is 0 Å². The molecule has 2 unspecified atom stereocenters. The lowest BCUT2D eigenvalue weighted by atomic mass is 10.0. The van der Waals surface area contributed by atoms with Crippen molar-refractivity contribution in [3.63, 3.8) is 0 Å². The van der Waals surface area contributed by atoms with E-state index in [4.69, 9.17) is 11.5 Å². The lowest BCUT2D eigenvalue weighted by Gasteiger charge is -2.10. The van der Waals surface area contributed by atoms with Gasteiger partial charge in [0.1, 0.15) is 0 Å². The molecule has 0 rings (SSSR count). The molecule has 0 bridgehead atoms. The van der Waals surface area contributed by atoms with Crippen LogP contribution in [0.25, 0.3) is 0 Å². The molecule has 0 aliphatic rings. The second kappa shape index (κ2) is 7.56. The summed E-state index contributed by atoms with van der Waals surface area (Å²) in [4.78, 5) is 0. The maximum atomic E-state index is 5.79. The zero-order chi connectivity index (χ0) is 9.40. The maximum absolute atomic E-state index is 5.79. The topological polar surface area (TPSA) is 52.0 Å². The molecule has 0 radical (unpaired) electrons. The van der Waals surface area contributed by atoms with Gasteiger partial charge in [0.25, 0.3) is 0 Å². The molecule has 0 aliphatic heterocycles. The van der Waals surface area contributed by atoms with Gasteiger partial charge < -0.3 is 11.5 Å². The van der Waals surface area contributed by atoms with Gasteiger partial charge in [-0.15, -0.1) is 0 Å². The summed E-state index contributed by atoms with van der Waals surface area (Å²) >= 11 is 0. The number of nitrogens with two attached hydrogens (primary N) is 2. The average molecular weight is 172 g/mol. The van der Waals surface area contributed by atoms with Crippen LogP contribution < -0.4 is 11.5 Å². The van der Waals surface area contributed by atoms with Crippen LogP contribution in [-0.2, 0) is 0 Å². The zero-order valence-electron chi connectivity index (χ0n) is 8.55. The van der Waals surface area contributed by atoms with Crippen molar-refractivity contribution in [2.24, 2.45) is 11.5 Å². The van der Waals surface area contributed by atoms with Gasteiger partial charge in [0.15, 0.2) is 0 Å². The molecule has 0 aromatic carbocycles. The average Bonchev–Trinajstić information content (AvgIpc) is 2.11. The molecule has 12 heavy (non-hydrogen) atoms. The van der Waals surface area contributed by atoms with Crippen LogP contribution in [0, 0.1) is 0 Å². The predicted molar refractivity (Wildman–Crippen MR) is 55.0 cm³/mol. The SMILES string of the molecule is CCC(N)CCCCC(N)CC. The third-order valence-corrected chi connectivity index (χ3v) is 2.45. The molecule has 4 N–H and O–H groups in total. The van der Waals surface area contributed by atoms with Gasteiger partial charge in [0.2, 0.25) is 0 Å². The van der Waals surface area contributed by atoms with E-state index < -0.39 is 0 Å². The fourth-order valence-corrected chi connectivity index (χ4v) is 1.22. The van der Waals surface area contributed by atoms with Gasteiger partial charge in [-0.25, -0.2) is 0 Å². The molecule has 2 heteroatoms. The van der Waals surface area contributed by atoms with Crippen molar-refractivity contribution in [1.82, 2.24) is 0 Å². The van der Waals surface area contributed by atoms with Crippen LogP contribution in [-0.4, -0.2) is 12.1 Å². The van der Waals surface area contributed by atoms with Crippen molar-refractivity contribution in [3.8, 4) is 0 Å². The highest BCUT2D eigenvalue weighted by Gasteiger charge is 2.01. The van der Waals surface area contributed by atoms with Gasteiger partial charge >= 0.3 is 0 Å². The summed E-state index contributed by atoms with van der Waals surface area (Å²) in [6.07, 6.45) is 6.99. The summed E-state index contributed by atoms with van der Waals surface area (Å²) in [6.45, 7) is 4.28. The van der Waals surface area contributed by atoms with Crippen LogP contribution in [0.2, 0.25) is 0 Å². The smallest absolute Gasteiger partial charge is 0.00362 e. The molecular formula is C10H24N2. The molecule has 0 aromatic heterocycles. The highest BCUT2D eigenvalue weighted by atomic mass is 14.6. The highest BCUT2D eigenvalue weighted by Crippen LogP contribution is 2.06. The molecule has 0 heterocycles. The molecular weight excluding hydrogens is 148 g/mol. The molecule has 74 valence electrons. The second-order valence-electron chi connectivity index (χ2n) is 3.62. The lowest BCUT2D eigenvalue weighted by Crippen LogP contribution is -2.20. The van der Waals surface area contributed by atoms with E-state index in [-0.39, 0.29) is 0 Å². The molecule has 0 saturated carbocycles. The molecule has 0 amide bonds. The minimum Gasteiger partial charge on any atom is -0.328 e. The van der Waals surface area contributed by atoms with E-state index in [1.54, 1.807) is 0 Å². The Morgan fingerprint density at radius 2 is 1.17 bits per heavy atom. The first-order chi connectivity index (χ1) is 5.70. The van der Waals surface area contributed by atoms with Crippen molar-refractivity contribution in [1.29, 1.82) is 0 Å². The van der Waals surface area contributed by atoms with E-state index in [9.17, 15) is 0 Å². The molecule has 2 nitrogen and oxygen atoms in total. The molecule has 2 atom stereocenters. The third kappa shape index (κ3) is 6.62. The summed E-state index contributed by atoms with van der Waals surface area (Å²) in [5, 5.41) is 0. The monoisotopic (exact) mass is 172 g/mol. The summed E-state index contributed by atoms with van der Waals surface area (Å²) in [5.74, 6) is 0. The van der Waals surface area contributed by atoms with Crippen molar-refractivity contribution >= 4 is 0 Å². The number of hydrogen-bond acceptors (Lipinski definition) is 2. The van der Waals surface area contributed by atoms with Gasteiger partial charge in [-0.05, 0) is 25.7 Å². The van der Waals surface area contributed by atoms with Gasteiger partial charge in [-0.1, -0.05) is 26.7 Å². The Balaban J connectivity index is 3.10. The lowest BCUT2D eigenvalue weighted by molar-refractivity contribution is 0.502. The van der Waals surface area contributed by atoms with E-state index >= 15 is 0 Å². The van der Waals surface area contributed by atoms with Crippen LogP contribution in [0.15, 0.2) is 0 Å². The number of rotatable bonds is 7. The van der Waals surface area contributed by atoms with Crippen LogP contribution >= 0.6 is 0 Å². The Morgan fingerprint density at radius 3 is 1.42 bits per heavy atom. The minimum atomic E-state index is 0.405. The first-order valence-electron chi connectivity index (χ1n) is 5.21. The second-order valence-corrected chi connectivity index (χ2v) is 3.62. The van der Waals surface area contributed by atoms with E-state index in [1.807, 2.05) is 0 Å². The van der Waals surface area contributed by atoms with E-state index in [0.717, 1.165) is 25.7 Å². The Labute approximate surface area is 76.7 Å². The van der Waals surface area contributed by atoms with E-state index in [1.165, 1.54) is 12.8 Å². The quantitative estimate of drug-likeness (QED) is 0.577. The first kappa shape index (κ1) is 11.9. The van der Waals surface area contributed by atoms with Gasteiger partial charge in [0.05, 0.1) is 0 Å². The number of hydrogen-bond donors (Lipinski definition) is 2. The van der Waals surface area contributed by atoms with Crippen molar-refractivity contribution in [2.75, 3.05) is 0 Å². The van der Waals surface area contributed by atoms with Gasteiger partial charge in [-0.3, -0.25) is 0 Å². The highest BCUT2D eigenvalue weighted by molar-refractivity contribution is 4.61. The Kier molecular flexibility index (Phi) is 7.51. The summed E-state index contributed by atoms with van der Waals surface area (Å²) in [5.41, 5.74) is 11.6. The van der Waals surface area contributed by atoms with Crippen LogP contribution in [0.1, 0.15) is 52.4 Å². The van der Waals surface area contributed by atoms with E-state index in [0.29, 0.717) is 12.1 Å². The fourth-order valence-electron chi connectivity index (χ4n) is 1.22. The normalized spacial score (nSPS) is 16.0. The van der Waals surface area contributed by atoms with Crippen molar-refractivity contribution < 1.29 is 0 Å². The summed E-state index contributed by atoms with van der Waals surface area (Å²) < 4.78 is 0.